The van der Waals surface area contributed by atoms with E-state index < -0.39 is 0 Å². The van der Waals surface area contributed by atoms with Gasteiger partial charge >= 0.3 is 0 Å². The maximum Gasteiger partial charge on any atom is 0.222 e. The lowest BCUT2D eigenvalue weighted by molar-refractivity contribution is -0.132. The summed E-state index contributed by atoms with van der Waals surface area (Å²) in [5.74, 6) is 0.252. The predicted octanol–water partition coefficient (Wildman–Crippen LogP) is 3.32. The van der Waals surface area contributed by atoms with Crippen LogP contribution in [0.3, 0.4) is 0 Å². The van der Waals surface area contributed by atoms with E-state index in [-0.39, 0.29) is 17.7 Å². The number of nitrogens with zero attached hydrogens (tertiary/aromatic N) is 2. The molecule has 0 spiro atoms. The molecular formula is C21H28N4O2. The molecule has 1 aromatic carbocycles. The standard InChI is InChI=1S/C21H28N4O2/c1-14-9-15(2)11-17(10-14)6-7-20(27)25-8-4-5-18(13-25)21-19(12-22-24-21)23-16(3)26/h9-12,18H,4-8,13H2,1-3H3,(H,22,24)(H,23,26)/t18-/m0/s1. The van der Waals surface area contributed by atoms with E-state index in [0.29, 0.717) is 13.0 Å². The Morgan fingerprint density at radius 2 is 2.00 bits per heavy atom. The number of carbonyl (C=O) groups is 2. The Labute approximate surface area is 160 Å². The molecule has 1 aliphatic rings. The zero-order valence-electron chi connectivity index (χ0n) is 16.3. The van der Waals surface area contributed by atoms with E-state index in [0.717, 1.165) is 37.2 Å². The minimum absolute atomic E-state index is 0.116. The summed E-state index contributed by atoms with van der Waals surface area (Å²) in [6, 6.07) is 6.46. The number of carbonyl (C=O) groups excluding carboxylic acids is 2. The van der Waals surface area contributed by atoms with Gasteiger partial charge in [-0.25, -0.2) is 0 Å². The van der Waals surface area contributed by atoms with Crippen LogP contribution in [0.2, 0.25) is 0 Å². The second-order valence-corrected chi connectivity index (χ2v) is 7.55. The molecule has 2 N–H and O–H groups in total. The van der Waals surface area contributed by atoms with Crippen LogP contribution in [-0.2, 0) is 16.0 Å². The molecule has 2 heterocycles. The Balaban J connectivity index is 1.61. The molecule has 1 aliphatic heterocycles. The number of likely N-dealkylation sites (tertiary alicyclic amines) is 1. The Bertz CT molecular complexity index is 807. The molecule has 0 saturated carbocycles. The Hall–Kier alpha value is -2.63. The molecule has 2 amide bonds. The number of piperidine rings is 1. The average Bonchev–Trinajstić information content (AvgIpc) is 3.06. The second-order valence-electron chi connectivity index (χ2n) is 7.55. The number of anilines is 1. The van der Waals surface area contributed by atoms with Crippen molar-refractivity contribution in [3.05, 3.63) is 46.8 Å². The molecule has 0 bridgehead atoms. The van der Waals surface area contributed by atoms with Crippen molar-refractivity contribution < 1.29 is 9.59 Å². The fourth-order valence-electron chi connectivity index (χ4n) is 3.96. The van der Waals surface area contributed by atoms with E-state index in [1.54, 1.807) is 6.20 Å². The molecular weight excluding hydrogens is 340 g/mol. The van der Waals surface area contributed by atoms with Crippen LogP contribution in [0.1, 0.15) is 54.5 Å². The summed E-state index contributed by atoms with van der Waals surface area (Å²) >= 11 is 0. The van der Waals surface area contributed by atoms with E-state index >= 15 is 0 Å². The van der Waals surface area contributed by atoms with Gasteiger partial charge in [-0.1, -0.05) is 29.3 Å². The summed E-state index contributed by atoms with van der Waals surface area (Å²) < 4.78 is 0. The highest BCUT2D eigenvalue weighted by Crippen LogP contribution is 2.30. The van der Waals surface area contributed by atoms with Crippen LogP contribution in [0.15, 0.2) is 24.4 Å². The van der Waals surface area contributed by atoms with Gasteiger partial charge in [-0.3, -0.25) is 14.7 Å². The maximum absolute atomic E-state index is 12.7. The van der Waals surface area contributed by atoms with Gasteiger partial charge in [0, 0.05) is 32.4 Å². The van der Waals surface area contributed by atoms with Crippen LogP contribution >= 0.6 is 0 Å². The Morgan fingerprint density at radius 3 is 2.70 bits per heavy atom. The van der Waals surface area contributed by atoms with Crippen molar-refractivity contribution in [3.8, 4) is 0 Å². The molecule has 0 radical (unpaired) electrons. The maximum atomic E-state index is 12.7. The zero-order chi connectivity index (χ0) is 19.4. The van der Waals surface area contributed by atoms with E-state index in [9.17, 15) is 9.59 Å². The van der Waals surface area contributed by atoms with Crippen LogP contribution in [-0.4, -0.2) is 40.0 Å². The van der Waals surface area contributed by atoms with Crippen molar-refractivity contribution in [1.29, 1.82) is 0 Å². The van der Waals surface area contributed by atoms with Gasteiger partial charge in [-0.2, -0.15) is 5.10 Å². The number of aromatic amines is 1. The highest BCUT2D eigenvalue weighted by atomic mass is 16.2. The molecule has 0 unspecified atom stereocenters. The Morgan fingerprint density at radius 1 is 1.26 bits per heavy atom. The number of amides is 2. The van der Waals surface area contributed by atoms with Gasteiger partial charge in [-0.15, -0.1) is 0 Å². The van der Waals surface area contributed by atoms with Gasteiger partial charge in [0.25, 0.3) is 0 Å². The molecule has 3 rings (SSSR count). The predicted molar refractivity (Wildman–Crippen MR) is 106 cm³/mol. The topological polar surface area (TPSA) is 78.1 Å². The average molecular weight is 368 g/mol. The molecule has 1 aromatic heterocycles. The lowest BCUT2D eigenvalue weighted by Crippen LogP contribution is -2.39. The normalized spacial score (nSPS) is 17.0. The molecule has 144 valence electrons. The molecule has 6 nitrogen and oxygen atoms in total. The third kappa shape index (κ3) is 4.96. The first-order chi connectivity index (χ1) is 12.9. The van der Waals surface area contributed by atoms with Gasteiger partial charge in [0.2, 0.25) is 11.8 Å². The number of H-pyrrole nitrogens is 1. The van der Waals surface area contributed by atoms with Crippen molar-refractivity contribution in [2.45, 2.75) is 52.4 Å². The van der Waals surface area contributed by atoms with E-state index in [2.05, 4.69) is 47.6 Å². The summed E-state index contributed by atoms with van der Waals surface area (Å²) in [7, 11) is 0. The quantitative estimate of drug-likeness (QED) is 0.850. The smallest absolute Gasteiger partial charge is 0.222 e. The van der Waals surface area contributed by atoms with Gasteiger partial charge in [0.15, 0.2) is 0 Å². The largest absolute Gasteiger partial charge is 0.342 e. The lowest BCUT2D eigenvalue weighted by atomic mass is 9.93. The molecule has 1 atom stereocenters. The van der Waals surface area contributed by atoms with Crippen LogP contribution in [0.25, 0.3) is 0 Å². The monoisotopic (exact) mass is 368 g/mol. The van der Waals surface area contributed by atoms with E-state index in [1.165, 1.54) is 23.6 Å². The fraction of sp³-hybridized carbons (Fsp3) is 0.476. The summed E-state index contributed by atoms with van der Waals surface area (Å²) in [6.45, 7) is 7.13. The van der Waals surface area contributed by atoms with Crippen molar-refractivity contribution in [2.75, 3.05) is 18.4 Å². The summed E-state index contributed by atoms with van der Waals surface area (Å²) in [4.78, 5) is 26.1. The number of aromatic nitrogens is 2. The summed E-state index contributed by atoms with van der Waals surface area (Å²) in [6.07, 6.45) is 4.87. The third-order valence-corrected chi connectivity index (χ3v) is 5.07. The number of rotatable bonds is 5. The third-order valence-electron chi connectivity index (χ3n) is 5.07. The van der Waals surface area contributed by atoms with Crippen molar-refractivity contribution >= 4 is 17.5 Å². The highest BCUT2D eigenvalue weighted by Gasteiger charge is 2.27. The zero-order valence-corrected chi connectivity index (χ0v) is 16.3. The first kappa shape index (κ1) is 19.1. The van der Waals surface area contributed by atoms with Crippen molar-refractivity contribution in [2.24, 2.45) is 0 Å². The van der Waals surface area contributed by atoms with Gasteiger partial charge < -0.3 is 10.2 Å². The lowest BCUT2D eigenvalue weighted by Gasteiger charge is -2.32. The molecule has 1 fully saturated rings. The van der Waals surface area contributed by atoms with Crippen LogP contribution < -0.4 is 5.32 Å². The molecule has 1 saturated heterocycles. The first-order valence-electron chi connectivity index (χ1n) is 9.58. The molecule has 6 heteroatoms. The number of aryl methyl sites for hydroxylation is 3. The second kappa shape index (κ2) is 8.37. The number of benzene rings is 1. The van der Waals surface area contributed by atoms with Crippen molar-refractivity contribution in [3.63, 3.8) is 0 Å². The number of nitrogens with one attached hydrogen (secondary N) is 2. The fourth-order valence-corrected chi connectivity index (χ4v) is 3.96. The molecule has 2 aromatic rings. The number of hydrogen-bond donors (Lipinski definition) is 2. The summed E-state index contributed by atoms with van der Waals surface area (Å²) in [5.41, 5.74) is 5.32. The highest BCUT2D eigenvalue weighted by molar-refractivity contribution is 5.89. The minimum Gasteiger partial charge on any atom is -0.342 e. The van der Waals surface area contributed by atoms with Gasteiger partial charge in [0.1, 0.15) is 0 Å². The van der Waals surface area contributed by atoms with Gasteiger partial charge in [0.05, 0.1) is 17.6 Å². The van der Waals surface area contributed by atoms with Gasteiger partial charge in [-0.05, 0) is 38.7 Å². The van der Waals surface area contributed by atoms with E-state index in [1.807, 2.05) is 4.90 Å². The molecule has 0 aliphatic carbocycles. The van der Waals surface area contributed by atoms with Crippen LogP contribution in [0.4, 0.5) is 5.69 Å². The minimum atomic E-state index is -0.116. The first-order valence-corrected chi connectivity index (χ1v) is 9.58. The van der Waals surface area contributed by atoms with Crippen LogP contribution in [0, 0.1) is 13.8 Å². The SMILES string of the molecule is CC(=O)Nc1cn[nH]c1[C@H]1CCCN(C(=O)CCc2cc(C)cc(C)c2)C1. The van der Waals surface area contributed by atoms with E-state index in [4.69, 9.17) is 0 Å². The van der Waals surface area contributed by atoms with Crippen molar-refractivity contribution in [1.82, 2.24) is 15.1 Å². The summed E-state index contributed by atoms with van der Waals surface area (Å²) in [5, 5.41) is 9.89. The van der Waals surface area contributed by atoms with Crippen LogP contribution in [0.5, 0.6) is 0 Å². The molecule has 27 heavy (non-hydrogen) atoms. The Kier molecular flexibility index (Phi) is 5.94. The number of hydrogen-bond acceptors (Lipinski definition) is 3.